The maximum atomic E-state index is 12.9. The molecule has 0 radical (unpaired) electrons. The van der Waals surface area contributed by atoms with Crippen LogP contribution in [0.25, 0.3) is 0 Å². The van der Waals surface area contributed by atoms with Crippen LogP contribution in [0.5, 0.6) is 0 Å². The molecule has 5 nitrogen and oxygen atoms in total. The van der Waals surface area contributed by atoms with Gasteiger partial charge >= 0.3 is 0 Å². The Balaban J connectivity index is 1.94. The molecule has 3 rings (SSSR count). The molecule has 0 spiro atoms. The molecule has 2 amide bonds. The van der Waals surface area contributed by atoms with E-state index in [0.29, 0.717) is 19.1 Å². The summed E-state index contributed by atoms with van der Waals surface area (Å²) in [6.45, 7) is 7.26. The molecule has 3 unspecified atom stereocenters. The molecule has 1 saturated carbocycles. The van der Waals surface area contributed by atoms with Gasteiger partial charge in [-0.1, -0.05) is 13.8 Å². The van der Waals surface area contributed by atoms with Gasteiger partial charge in [0.15, 0.2) is 0 Å². The summed E-state index contributed by atoms with van der Waals surface area (Å²) < 4.78 is 5.51. The Morgan fingerprint density at radius 3 is 2.55 bits per heavy atom. The summed E-state index contributed by atoms with van der Waals surface area (Å²) >= 11 is 0. The monoisotopic (exact) mass is 280 g/mol. The summed E-state index contributed by atoms with van der Waals surface area (Å²) in [6.07, 6.45) is 2.90. The molecule has 2 saturated heterocycles. The number of nitrogens with zero attached hydrogens (tertiary/aromatic N) is 1. The molecule has 3 atom stereocenters. The van der Waals surface area contributed by atoms with Crippen LogP contribution < -0.4 is 5.32 Å². The highest BCUT2D eigenvalue weighted by molar-refractivity contribution is 5.98. The minimum atomic E-state index is -0.371. The molecule has 2 heterocycles. The number of carbonyl (C=O) groups excluding carboxylic acids is 2. The lowest BCUT2D eigenvalue weighted by atomic mass is 9.88. The maximum absolute atomic E-state index is 12.9. The van der Waals surface area contributed by atoms with Crippen molar-refractivity contribution in [1.82, 2.24) is 10.2 Å². The number of piperazine rings is 1. The third-order valence-electron chi connectivity index (χ3n) is 4.85. The molecule has 0 aromatic rings. The van der Waals surface area contributed by atoms with Crippen LogP contribution in [0.15, 0.2) is 0 Å². The summed E-state index contributed by atoms with van der Waals surface area (Å²) in [5.41, 5.74) is -0.336. The van der Waals surface area contributed by atoms with Crippen LogP contribution in [0, 0.1) is 11.8 Å². The predicted molar refractivity (Wildman–Crippen MR) is 74.0 cm³/mol. The normalized spacial score (nSPS) is 38.5. The van der Waals surface area contributed by atoms with Crippen molar-refractivity contribution < 1.29 is 14.3 Å². The Kier molecular flexibility index (Phi) is 3.27. The highest BCUT2D eigenvalue weighted by Gasteiger charge is 2.53. The largest absolute Gasteiger partial charge is 0.379 e. The number of hydrogen-bond donors (Lipinski definition) is 1. The van der Waals surface area contributed by atoms with Crippen molar-refractivity contribution in [3.63, 3.8) is 0 Å². The number of carbonyl (C=O) groups is 2. The number of hydrogen-bond acceptors (Lipinski definition) is 3. The van der Waals surface area contributed by atoms with Crippen LogP contribution in [0.4, 0.5) is 0 Å². The van der Waals surface area contributed by atoms with E-state index >= 15 is 0 Å². The van der Waals surface area contributed by atoms with Crippen molar-refractivity contribution in [2.24, 2.45) is 11.8 Å². The lowest BCUT2D eigenvalue weighted by Gasteiger charge is -2.48. The van der Waals surface area contributed by atoms with Gasteiger partial charge in [0, 0.05) is 6.61 Å². The third-order valence-corrected chi connectivity index (χ3v) is 4.85. The van der Waals surface area contributed by atoms with Crippen LogP contribution in [0.3, 0.4) is 0 Å². The van der Waals surface area contributed by atoms with E-state index in [4.69, 9.17) is 4.74 Å². The van der Waals surface area contributed by atoms with Gasteiger partial charge in [0.2, 0.25) is 11.8 Å². The second-order valence-corrected chi connectivity index (χ2v) is 7.02. The zero-order valence-electron chi connectivity index (χ0n) is 12.5. The first-order valence-corrected chi connectivity index (χ1v) is 7.65. The molecule has 1 N–H and O–H groups in total. The van der Waals surface area contributed by atoms with Crippen molar-refractivity contribution in [2.75, 3.05) is 13.2 Å². The van der Waals surface area contributed by atoms with Crippen molar-refractivity contribution in [3.05, 3.63) is 0 Å². The standard InChI is InChI=1S/C15H24N2O3/c1-9(2)12-13(18)16-11(10-4-5-10)14(19)17(12)15(3)6-7-20-8-15/h9-12H,4-8H2,1-3H3,(H,16,18). The summed E-state index contributed by atoms with van der Waals surface area (Å²) in [5.74, 6) is 0.549. The predicted octanol–water partition coefficient (Wildman–Crippen LogP) is 0.927. The molecule has 2 aliphatic heterocycles. The smallest absolute Gasteiger partial charge is 0.246 e. The van der Waals surface area contributed by atoms with Crippen molar-refractivity contribution in [2.45, 2.75) is 57.7 Å². The fraction of sp³-hybridized carbons (Fsp3) is 0.867. The maximum Gasteiger partial charge on any atom is 0.246 e. The number of ether oxygens (including phenoxy) is 1. The highest BCUT2D eigenvalue weighted by Crippen LogP contribution is 2.39. The first-order chi connectivity index (χ1) is 9.44. The van der Waals surface area contributed by atoms with Gasteiger partial charge in [0.05, 0.1) is 12.1 Å². The Morgan fingerprint density at radius 1 is 1.35 bits per heavy atom. The van der Waals surface area contributed by atoms with Crippen LogP contribution in [-0.2, 0) is 14.3 Å². The molecule has 0 aromatic carbocycles. The van der Waals surface area contributed by atoms with Gasteiger partial charge < -0.3 is 15.0 Å². The summed E-state index contributed by atoms with van der Waals surface area (Å²) in [5, 5.41) is 2.96. The van der Waals surface area contributed by atoms with E-state index in [1.165, 1.54) is 0 Å². The Hall–Kier alpha value is -1.10. The van der Waals surface area contributed by atoms with Gasteiger partial charge in [-0.15, -0.1) is 0 Å². The quantitative estimate of drug-likeness (QED) is 0.836. The lowest BCUT2D eigenvalue weighted by Crippen LogP contribution is -2.70. The zero-order valence-corrected chi connectivity index (χ0v) is 12.5. The lowest BCUT2D eigenvalue weighted by molar-refractivity contribution is -0.159. The second kappa shape index (κ2) is 4.72. The summed E-state index contributed by atoms with van der Waals surface area (Å²) in [6, 6.07) is -0.681. The van der Waals surface area contributed by atoms with Gasteiger partial charge in [-0.3, -0.25) is 9.59 Å². The van der Waals surface area contributed by atoms with E-state index in [0.717, 1.165) is 19.3 Å². The molecular weight excluding hydrogens is 256 g/mol. The van der Waals surface area contributed by atoms with Crippen LogP contribution in [-0.4, -0.2) is 47.6 Å². The minimum absolute atomic E-state index is 0.00428. The second-order valence-electron chi connectivity index (χ2n) is 7.02. The third kappa shape index (κ3) is 2.12. The van der Waals surface area contributed by atoms with Gasteiger partial charge in [-0.05, 0) is 38.0 Å². The van der Waals surface area contributed by atoms with Crippen molar-refractivity contribution >= 4 is 11.8 Å². The fourth-order valence-electron chi connectivity index (χ4n) is 3.50. The fourth-order valence-corrected chi connectivity index (χ4v) is 3.50. The molecule has 0 aromatic heterocycles. The molecule has 112 valence electrons. The van der Waals surface area contributed by atoms with E-state index < -0.39 is 0 Å². The van der Waals surface area contributed by atoms with E-state index in [1.54, 1.807) is 0 Å². The number of nitrogens with one attached hydrogen (secondary N) is 1. The molecule has 20 heavy (non-hydrogen) atoms. The Bertz CT molecular complexity index is 425. The molecule has 3 aliphatic rings. The Labute approximate surface area is 120 Å². The van der Waals surface area contributed by atoms with Gasteiger partial charge in [-0.25, -0.2) is 0 Å². The molecule has 5 heteroatoms. The van der Waals surface area contributed by atoms with Gasteiger partial charge in [0.1, 0.15) is 12.1 Å². The topological polar surface area (TPSA) is 58.6 Å². The average molecular weight is 280 g/mol. The summed E-state index contributed by atoms with van der Waals surface area (Å²) in [7, 11) is 0. The van der Waals surface area contributed by atoms with Gasteiger partial charge in [-0.2, -0.15) is 0 Å². The van der Waals surface area contributed by atoms with E-state index in [2.05, 4.69) is 12.2 Å². The van der Waals surface area contributed by atoms with Crippen molar-refractivity contribution in [1.29, 1.82) is 0 Å². The van der Waals surface area contributed by atoms with Crippen LogP contribution in [0.2, 0.25) is 0 Å². The van der Waals surface area contributed by atoms with Crippen LogP contribution in [0.1, 0.15) is 40.0 Å². The summed E-state index contributed by atoms with van der Waals surface area (Å²) in [4.78, 5) is 27.3. The molecule has 1 aliphatic carbocycles. The highest BCUT2D eigenvalue weighted by atomic mass is 16.5. The average Bonchev–Trinajstić information content (AvgIpc) is 3.13. The number of rotatable bonds is 3. The van der Waals surface area contributed by atoms with E-state index in [9.17, 15) is 9.59 Å². The Morgan fingerprint density at radius 2 is 2.05 bits per heavy atom. The first kappa shape index (κ1) is 13.9. The zero-order chi connectivity index (χ0) is 14.5. The minimum Gasteiger partial charge on any atom is -0.379 e. The first-order valence-electron chi connectivity index (χ1n) is 7.65. The number of amides is 2. The van der Waals surface area contributed by atoms with Crippen molar-refractivity contribution in [3.8, 4) is 0 Å². The molecule has 0 bridgehead atoms. The van der Waals surface area contributed by atoms with E-state index in [-0.39, 0.29) is 35.4 Å². The van der Waals surface area contributed by atoms with E-state index in [1.807, 2.05) is 18.7 Å². The molecule has 3 fully saturated rings. The van der Waals surface area contributed by atoms with Gasteiger partial charge in [0.25, 0.3) is 0 Å². The van der Waals surface area contributed by atoms with Crippen LogP contribution >= 0.6 is 0 Å². The SMILES string of the molecule is CC(C)C1C(=O)NC(C2CC2)C(=O)N1C1(C)CCOC1. The molecular formula is C15H24N2O3.